The van der Waals surface area contributed by atoms with Crippen LogP contribution in [0.1, 0.15) is 38.2 Å². The molecular weight excluding hydrogens is 294 g/mol. The number of ether oxygens (including phenoxy) is 1. The highest BCUT2D eigenvalue weighted by Gasteiger charge is 2.41. The molecule has 0 unspecified atom stereocenters. The van der Waals surface area contributed by atoms with Gasteiger partial charge < -0.3 is 14.7 Å². The number of benzene rings is 1. The summed E-state index contributed by atoms with van der Waals surface area (Å²) in [5.74, 6) is 0.0815. The molecule has 0 aromatic heterocycles. The minimum absolute atomic E-state index is 0.0468. The van der Waals surface area contributed by atoms with Gasteiger partial charge in [0.2, 0.25) is 5.91 Å². The average molecular weight is 319 g/mol. The van der Waals surface area contributed by atoms with Crippen molar-refractivity contribution in [2.24, 2.45) is 5.41 Å². The van der Waals surface area contributed by atoms with Crippen LogP contribution < -0.4 is 4.74 Å². The first kappa shape index (κ1) is 17.3. The number of carboxylic acid groups (broad SMARTS) is 1. The van der Waals surface area contributed by atoms with Crippen LogP contribution in [-0.4, -0.2) is 41.6 Å². The lowest BCUT2D eigenvalue weighted by Gasteiger charge is -2.20. The van der Waals surface area contributed by atoms with Gasteiger partial charge in [0.25, 0.3) is 0 Å². The minimum Gasteiger partial charge on any atom is -0.494 e. The molecule has 1 N–H and O–H groups in total. The van der Waals surface area contributed by atoms with Crippen LogP contribution in [0.5, 0.6) is 5.75 Å². The predicted molar refractivity (Wildman–Crippen MR) is 87.5 cm³/mol. The Kier molecular flexibility index (Phi) is 5.64. The molecule has 1 atom stereocenters. The third-order valence-corrected chi connectivity index (χ3v) is 4.39. The summed E-state index contributed by atoms with van der Waals surface area (Å²) in [5.41, 5.74) is 0.373. The molecule has 126 valence electrons. The molecule has 1 aliphatic rings. The van der Waals surface area contributed by atoms with Crippen molar-refractivity contribution in [3.63, 3.8) is 0 Å². The standard InChI is InChI=1S/C18H25NO4/c1-14-6-5-7-15(12-14)23-11-4-3-8-16(20)19-10-9-18(2,13-19)17(21)22/h5-7,12H,3-4,8-11,13H2,1-2H3,(H,21,22)/t18-/m0/s1. The lowest BCUT2D eigenvalue weighted by molar-refractivity contribution is -0.147. The van der Waals surface area contributed by atoms with Crippen molar-refractivity contribution in [1.29, 1.82) is 0 Å². The molecule has 0 radical (unpaired) electrons. The smallest absolute Gasteiger partial charge is 0.311 e. The number of amides is 1. The van der Waals surface area contributed by atoms with E-state index in [2.05, 4.69) is 0 Å². The van der Waals surface area contributed by atoms with E-state index in [9.17, 15) is 14.7 Å². The zero-order chi connectivity index (χ0) is 16.9. The van der Waals surface area contributed by atoms with Crippen LogP contribution in [0.2, 0.25) is 0 Å². The van der Waals surface area contributed by atoms with E-state index in [1.165, 1.54) is 0 Å². The van der Waals surface area contributed by atoms with Crippen LogP contribution in [0, 0.1) is 12.3 Å². The Morgan fingerprint density at radius 3 is 2.78 bits per heavy atom. The molecule has 1 saturated heterocycles. The highest BCUT2D eigenvalue weighted by atomic mass is 16.5. The summed E-state index contributed by atoms with van der Waals surface area (Å²) >= 11 is 0. The number of hydrogen-bond donors (Lipinski definition) is 1. The first-order valence-corrected chi connectivity index (χ1v) is 8.11. The Labute approximate surface area is 137 Å². The minimum atomic E-state index is -0.820. The molecule has 5 nitrogen and oxygen atoms in total. The van der Waals surface area contributed by atoms with Gasteiger partial charge in [0.15, 0.2) is 0 Å². The molecule has 1 aliphatic heterocycles. The highest BCUT2D eigenvalue weighted by Crippen LogP contribution is 2.30. The molecule has 0 bridgehead atoms. The fourth-order valence-corrected chi connectivity index (χ4v) is 2.78. The van der Waals surface area contributed by atoms with Crippen LogP contribution >= 0.6 is 0 Å². The zero-order valence-corrected chi connectivity index (χ0v) is 13.9. The van der Waals surface area contributed by atoms with E-state index >= 15 is 0 Å². The van der Waals surface area contributed by atoms with E-state index in [4.69, 9.17) is 4.74 Å². The van der Waals surface area contributed by atoms with Gasteiger partial charge in [0, 0.05) is 19.5 Å². The number of nitrogens with zero attached hydrogens (tertiary/aromatic N) is 1. The second-order valence-corrected chi connectivity index (χ2v) is 6.55. The number of carbonyl (C=O) groups excluding carboxylic acids is 1. The van der Waals surface area contributed by atoms with Gasteiger partial charge >= 0.3 is 5.97 Å². The number of aryl methyl sites for hydroxylation is 1. The van der Waals surface area contributed by atoms with E-state index in [0.29, 0.717) is 32.5 Å². The summed E-state index contributed by atoms with van der Waals surface area (Å²) in [7, 11) is 0. The van der Waals surface area contributed by atoms with Gasteiger partial charge in [-0.05, 0) is 50.8 Å². The number of carboxylic acids is 1. The van der Waals surface area contributed by atoms with Gasteiger partial charge in [-0.3, -0.25) is 9.59 Å². The van der Waals surface area contributed by atoms with E-state index in [-0.39, 0.29) is 5.91 Å². The monoisotopic (exact) mass is 319 g/mol. The van der Waals surface area contributed by atoms with E-state index in [1.54, 1.807) is 11.8 Å². The molecule has 0 spiro atoms. The van der Waals surface area contributed by atoms with E-state index < -0.39 is 11.4 Å². The topological polar surface area (TPSA) is 66.8 Å². The number of aliphatic carboxylic acids is 1. The molecule has 0 aliphatic carbocycles. The third-order valence-electron chi connectivity index (χ3n) is 4.39. The number of likely N-dealkylation sites (tertiary alicyclic amines) is 1. The molecule has 0 saturated carbocycles. The molecule has 2 rings (SSSR count). The summed E-state index contributed by atoms with van der Waals surface area (Å²) in [4.78, 5) is 25.0. The molecule has 1 amide bonds. The number of rotatable bonds is 7. The van der Waals surface area contributed by atoms with Crippen LogP contribution in [0.4, 0.5) is 0 Å². The Morgan fingerprint density at radius 1 is 1.35 bits per heavy atom. The van der Waals surface area contributed by atoms with Gasteiger partial charge in [0.05, 0.1) is 12.0 Å². The van der Waals surface area contributed by atoms with E-state index in [0.717, 1.165) is 24.2 Å². The molecule has 1 aromatic rings. The number of carbonyl (C=O) groups is 2. The lowest BCUT2D eigenvalue weighted by Crippen LogP contribution is -2.34. The first-order valence-electron chi connectivity index (χ1n) is 8.11. The fourth-order valence-electron chi connectivity index (χ4n) is 2.78. The van der Waals surface area contributed by atoms with Crippen LogP contribution in [-0.2, 0) is 9.59 Å². The van der Waals surface area contributed by atoms with Crippen LogP contribution in [0.25, 0.3) is 0 Å². The van der Waals surface area contributed by atoms with Gasteiger partial charge in [-0.1, -0.05) is 12.1 Å². The quantitative estimate of drug-likeness (QED) is 0.785. The Balaban J connectivity index is 1.65. The van der Waals surface area contributed by atoms with Gasteiger partial charge in [-0.25, -0.2) is 0 Å². The average Bonchev–Trinajstić information content (AvgIpc) is 2.91. The van der Waals surface area contributed by atoms with Crippen molar-refractivity contribution in [2.75, 3.05) is 19.7 Å². The Hall–Kier alpha value is -2.04. The summed E-state index contributed by atoms with van der Waals surface area (Å²) in [6.45, 7) is 5.18. The van der Waals surface area contributed by atoms with Crippen molar-refractivity contribution in [3.8, 4) is 5.75 Å². The summed E-state index contributed by atoms with van der Waals surface area (Å²) in [6.07, 6.45) is 2.55. The molecule has 1 aromatic carbocycles. The van der Waals surface area contributed by atoms with Crippen molar-refractivity contribution in [3.05, 3.63) is 29.8 Å². The predicted octanol–water partition coefficient (Wildman–Crippen LogP) is 2.87. The second kappa shape index (κ2) is 7.49. The maximum atomic E-state index is 12.1. The molecular formula is C18H25NO4. The van der Waals surface area contributed by atoms with Crippen molar-refractivity contribution >= 4 is 11.9 Å². The summed E-state index contributed by atoms with van der Waals surface area (Å²) < 4.78 is 5.66. The Morgan fingerprint density at radius 2 is 2.13 bits per heavy atom. The van der Waals surface area contributed by atoms with E-state index in [1.807, 2.05) is 31.2 Å². The first-order chi connectivity index (χ1) is 10.9. The maximum absolute atomic E-state index is 12.1. The molecule has 5 heteroatoms. The summed E-state index contributed by atoms with van der Waals surface area (Å²) in [6, 6.07) is 7.89. The van der Waals surface area contributed by atoms with Crippen molar-refractivity contribution in [2.45, 2.75) is 39.5 Å². The van der Waals surface area contributed by atoms with Crippen molar-refractivity contribution in [1.82, 2.24) is 4.90 Å². The van der Waals surface area contributed by atoms with Crippen LogP contribution in [0.3, 0.4) is 0 Å². The lowest BCUT2D eigenvalue weighted by atomic mass is 9.90. The van der Waals surface area contributed by atoms with Gasteiger partial charge in [0.1, 0.15) is 5.75 Å². The van der Waals surface area contributed by atoms with Gasteiger partial charge in [-0.2, -0.15) is 0 Å². The maximum Gasteiger partial charge on any atom is 0.311 e. The summed E-state index contributed by atoms with van der Waals surface area (Å²) in [5, 5.41) is 9.19. The number of hydrogen-bond acceptors (Lipinski definition) is 3. The van der Waals surface area contributed by atoms with Crippen LogP contribution in [0.15, 0.2) is 24.3 Å². The SMILES string of the molecule is Cc1cccc(OCCCCC(=O)N2CC[C@](C)(C(=O)O)C2)c1. The van der Waals surface area contributed by atoms with Crippen molar-refractivity contribution < 1.29 is 19.4 Å². The second-order valence-electron chi connectivity index (χ2n) is 6.55. The number of unbranched alkanes of at least 4 members (excludes halogenated alkanes) is 1. The highest BCUT2D eigenvalue weighted by molar-refractivity contribution is 5.80. The normalized spacial score (nSPS) is 20.5. The largest absolute Gasteiger partial charge is 0.494 e. The molecule has 1 fully saturated rings. The molecule has 23 heavy (non-hydrogen) atoms. The van der Waals surface area contributed by atoms with Gasteiger partial charge in [-0.15, -0.1) is 0 Å². The molecule has 1 heterocycles. The fraction of sp³-hybridized carbons (Fsp3) is 0.556. The Bertz CT molecular complexity index is 572. The third kappa shape index (κ3) is 4.71. The zero-order valence-electron chi connectivity index (χ0n) is 13.9.